The number of hydrogen-bond acceptors (Lipinski definition) is 16. The van der Waals surface area contributed by atoms with Crippen molar-refractivity contribution in [3.8, 4) is 69.0 Å². The maximum atomic E-state index is 11.6. The molecule has 4 aromatic rings. The third-order valence-electron chi connectivity index (χ3n) is 6.79. The van der Waals surface area contributed by atoms with Gasteiger partial charge in [0.1, 0.15) is 42.9 Å². The smallest absolute Gasteiger partial charge is 0.504 e. The van der Waals surface area contributed by atoms with Gasteiger partial charge in [-0.15, -0.1) is 0 Å². The standard InChI is InChI=1S/C12H14I2O5.C11H14I2O4.C9H8I2O4.C7H6I2O3/c1-12(2,3)19-11(16)18-10-7(15)5-6(13)9(17-4)8(10)14;1-4-16-6(2)17-11-8(14)5-7(12)10(15-3)9(11)13;1-4(12)15-9-6(13)3-5(10)8(14-2)7(9)11;1-12-7-3(8)2-4(10)6(11)5(7)9/h5,15H,1-4H3;5-6,14H,4H2,1-3H3;3,13H,1-2H3;2,10-11H,1H3. The van der Waals surface area contributed by atoms with Crippen LogP contribution in [0.1, 0.15) is 41.5 Å². The summed E-state index contributed by atoms with van der Waals surface area (Å²) in [5, 5.41) is 47.8. The molecule has 0 aromatic heterocycles. The Balaban J connectivity index is 0.000000425. The van der Waals surface area contributed by atoms with Crippen LogP contribution < -0.4 is 33.2 Å². The number of rotatable bonds is 10. The van der Waals surface area contributed by atoms with Crippen LogP contribution in [0.2, 0.25) is 0 Å². The zero-order valence-corrected chi connectivity index (χ0v) is 52.1. The number of ether oxygens (including phenoxy) is 9. The van der Waals surface area contributed by atoms with Gasteiger partial charge >= 0.3 is 12.1 Å². The molecule has 0 bridgehead atoms. The Morgan fingerprint density at radius 2 is 0.889 bits per heavy atom. The quantitative estimate of drug-likeness (QED) is 0.0249. The highest BCUT2D eigenvalue weighted by Gasteiger charge is 2.24. The maximum Gasteiger partial charge on any atom is 0.514 e. The van der Waals surface area contributed by atoms with Gasteiger partial charge in [-0.2, -0.15) is 0 Å². The molecule has 16 nitrogen and oxygen atoms in total. The molecule has 24 heteroatoms. The topological polar surface area (TPSA) is 218 Å². The third kappa shape index (κ3) is 18.8. The second-order valence-corrected chi connectivity index (χ2v) is 21.5. The summed E-state index contributed by atoms with van der Waals surface area (Å²) >= 11 is 16.1. The largest absolute Gasteiger partial charge is 0.514 e. The molecule has 0 aliphatic heterocycles. The number of methoxy groups -OCH3 is 4. The zero-order valence-electron chi connectivity index (χ0n) is 34.8. The van der Waals surface area contributed by atoms with E-state index < -0.39 is 24.0 Å². The fourth-order valence-corrected chi connectivity index (χ4v) is 13.0. The molecule has 0 saturated carbocycles. The molecule has 63 heavy (non-hydrogen) atoms. The molecule has 350 valence electrons. The third-order valence-corrected chi connectivity index (χ3v) is 13.9. The molecular weight excluding hydrogens is 1740 g/mol. The second-order valence-electron chi connectivity index (χ2n) is 12.5. The summed E-state index contributed by atoms with van der Waals surface area (Å²) < 4.78 is 51.9. The van der Waals surface area contributed by atoms with Crippen LogP contribution in [0.5, 0.6) is 69.0 Å². The average molecular weight is 1780 g/mol. The Kier molecular flexibility index (Phi) is 27.5. The maximum absolute atomic E-state index is 11.6. The summed E-state index contributed by atoms with van der Waals surface area (Å²) in [6, 6.07) is 6.01. The summed E-state index contributed by atoms with van der Waals surface area (Å²) in [6.45, 7) is 10.7. The number of carbonyl (C=O) groups is 2. The number of hydrogen-bond donors (Lipinski definition) is 5. The molecular formula is C39H42I8O16. The number of esters is 1. The first-order valence-corrected chi connectivity index (χ1v) is 25.9. The van der Waals surface area contributed by atoms with Crippen LogP contribution in [0.15, 0.2) is 24.3 Å². The van der Waals surface area contributed by atoms with Gasteiger partial charge < -0.3 is 68.2 Å². The number of benzene rings is 4. The van der Waals surface area contributed by atoms with Gasteiger partial charge in [0.15, 0.2) is 52.3 Å². The van der Waals surface area contributed by atoms with E-state index in [1.54, 1.807) is 40.9 Å². The molecule has 0 fully saturated rings. The summed E-state index contributed by atoms with van der Waals surface area (Å²) in [5.74, 6) is 2.13. The second kappa shape index (κ2) is 28.7. The molecule has 0 amide bonds. The lowest BCUT2D eigenvalue weighted by Gasteiger charge is -2.19. The van der Waals surface area contributed by atoms with Crippen molar-refractivity contribution in [3.05, 3.63) is 52.8 Å². The fourth-order valence-electron chi connectivity index (χ4n) is 4.28. The fraction of sp³-hybridized carbons (Fsp3) is 0.333. The van der Waals surface area contributed by atoms with Gasteiger partial charge in [0.2, 0.25) is 0 Å². The van der Waals surface area contributed by atoms with E-state index in [1.165, 1.54) is 46.5 Å². The highest BCUT2D eigenvalue weighted by Crippen LogP contribution is 2.44. The summed E-state index contributed by atoms with van der Waals surface area (Å²) in [7, 11) is 6.14. The predicted octanol–water partition coefficient (Wildman–Crippen LogP) is 12.1. The van der Waals surface area contributed by atoms with Crippen LogP contribution in [-0.2, 0) is 14.3 Å². The van der Waals surface area contributed by atoms with Crippen LogP contribution in [0.4, 0.5) is 4.79 Å². The van der Waals surface area contributed by atoms with E-state index in [0.717, 1.165) is 17.9 Å². The van der Waals surface area contributed by atoms with Gasteiger partial charge in [-0.1, -0.05) is 0 Å². The summed E-state index contributed by atoms with van der Waals surface area (Å²) in [5.41, 5.74) is -0.661. The van der Waals surface area contributed by atoms with Crippen LogP contribution in [0.25, 0.3) is 0 Å². The number of phenolic OH excluding ortho intramolecular Hbond substituents is 5. The molecule has 1 unspecified atom stereocenters. The van der Waals surface area contributed by atoms with Crippen molar-refractivity contribution >= 4 is 193 Å². The first-order chi connectivity index (χ1) is 29.2. The molecule has 4 aromatic carbocycles. The minimum absolute atomic E-state index is 0.0344. The Morgan fingerprint density at radius 1 is 0.556 bits per heavy atom. The zero-order chi connectivity index (χ0) is 48.7. The monoisotopic (exact) mass is 1780 g/mol. The minimum atomic E-state index is -0.871. The molecule has 0 radical (unpaired) electrons. The SMILES string of the molecule is CCOC(C)Oc1c(O)cc(I)c(OC)c1I.COc1c(I)cc(O)c(O)c1I.COc1c(I)cc(O)c(OC(=O)OC(C)(C)C)c1I.COc1c(I)cc(O)c(OC(C)=O)c1I. The highest BCUT2D eigenvalue weighted by atomic mass is 127. The van der Waals surface area contributed by atoms with Crippen LogP contribution in [-0.4, -0.2) is 84.6 Å². The van der Waals surface area contributed by atoms with E-state index in [9.17, 15) is 35.1 Å². The average Bonchev–Trinajstić information content (AvgIpc) is 3.16. The first-order valence-electron chi connectivity index (χ1n) is 17.3. The van der Waals surface area contributed by atoms with Crippen molar-refractivity contribution in [1.29, 1.82) is 0 Å². The van der Waals surface area contributed by atoms with Gasteiger partial charge in [-0.05, 0) is 215 Å². The van der Waals surface area contributed by atoms with Crippen LogP contribution in [0, 0.1) is 28.6 Å². The lowest BCUT2D eigenvalue weighted by atomic mass is 10.2. The lowest BCUT2D eigenvalue weighted by molar-refractivity contribution is -0.132. The molecule has 1 atom stereocenters. The van der Waals surface area contributed by atoms with E-state index in [2.05, 4.69) is 45.2 Å². The van der Waals surface area contributed by atoms with Crippen molar-refractivity contribution in [2.24, 2.45) is 0 Å². The Bertz CT molecular complexity index is 2220. The number of phenols is 5. The molecule has 4 rings (SSSR count). The number of aromatic hydroxyl groups is 5. The van der Waals surface area contributed by atoms with Gasteiger partial charge in [0.25, 0.3) is 0 Å². The molecule has 5 N–H and O–H groups in total. The van der Waals surface area contributed by atoms with E-state index in [1.807, 2.05) is 142 Å². The molecule has 0 aliphatic rings. The van der Waals surface area contributed by atoms with Crippen molar-refractivity contribution in [3.63, 3.8) is 0 Å². The van der Waals surface area contributed by atoms with E-state index in [4.69, 9.17) is 42.6 Å². The summed E-state index contributed by atoms with van der Waals surface area (Å²) in [6.07, 6.45) is -1.28. The van der Waals surface area contributed by atoms with Gasteiger partial charge in [0.05, 0.1) is 42.7 Å². The van der Waals surface area contributed by atoms with Crippen molar-refractivity contribution in [2.45, 2.75) is 53.4 Å². The highest BCUT2D eigenvalue weighted by molar-refractivity contribution is 14.1. The normalized spacial score (nSPS) is 10.9. The lowest BCUT2D eigenvalue weighted by Crippen LogP contribution is -2.26. The van der Waals surface area contributed by atoms with E-state index in [-0.39, 0.29) is 40.2 Å². The molecule has 0 heterocycles. The van der Waals surface area contributed by atoms with E-state index in [0.29, 0.717) is 46.1 Å². The van der Waals surface area contributed by atoms with Gasteiger partial charge in [-0.3, -0.25) is 4.79 Å². The number of carbonyl (C=O) groups excluding carboxylic acids is 2. The minimum Gasteiger partial charge on any atom is -0.504 e. The van der Waals surface area contributed by atoms with Crippen molar-refractivity contribution in [2.75, 3.05) is 35.0 Å². The van der Waals surface area contributed by atoms with Crippen molar-refractivity contribution in [1.82, 2.24) is 0 Å². The summed E-state index contributed by atoms with van der Waals surface area (Å²) in [4.78, 5) is 22.4. The van der Waals surface area contributed by atoms with Crippen LogP contribution >= 0.6 is 181 Å². The van der Waals surface area contributed by atoms with E-state index >= 15 is 0 Å². The molecule has 0 spiro atoms. The first kappa shape index (κ1) is 60.4. The molecule has 0 aliphatic carbocycles. The van der Waals surface area contributed by atoms with Gasteiger partial charge in [0, 0.05) is 37.8 Å². The Labute approximate surface area is 474 Å². The van der Waals surface area contributed by atoms with Crippen LogP contribution in [0.3, 0.4) is 0 Å². The predicted molar refractivity (Wildman–Crippen MR) is 302 cm³/mol. The van der Waals surface area contributed by atoms with Crippen molar-refractivity contribution < 1.29 is 77.8 Å². The Morgan fingerprint density at radius 3 is 1.24 bits per heavy atom. The molecule has 0 saturated heterocycles. The van der Waals surface area contributed by atoms with Gasteiger partial charge in [-0.25, -0.2) is 4.79 Å². The Hall–Kier alpha value is -0.580. The number of halogens is 8.